The second-order valence-corrected chi connectivity index (χ2v) is 7.80. The van der Waals surface area contributed by atoms with Crippen molar-refractivity contribution in [3.63, 3.8) is 0 Å². The van der Waals surface area contributed by atoms with Crippen LogP contribution >= 0.6 is 0 Å². The molecule has 96 valence electrons. The Morgan fingerprint density at radius 2 is 1.82 bits per heavy atom. The molecule has 0 amide bonds. The number of rotatable bonds is 2. The van der Waals surface area contributed by atoms with Crippen LogP contribution in [-0.4, -0.2) is 15.6 Å². The minimum absolute atomic E-state index is 0.0726. The first-order valence-electron chi connectivity index (χ1n) is 6.94. The number of carbonyl (C=O) groups is 1. The molecule has 0 radical (unpaired) electrons. The summed E-state index contributed by atoms with van der Waals surface area (Å²) < 4.78 is 11.7. The Hall–Kier alpha value is -0.180. The van der Waals surface area contributed by atoms with E-state index < -0.39 is 10.8 Å². The molecule has 0 aromatic heterocycles. The van der Waals surface area contributed by atoms with E-state index in [1.54, 1.807) is 6.26 Å². The molecule has 2 nitrogen and oxygen atoms in total. The molecular formula is C14H22O2S. The summed E-state index contributed by atoms with van der Waals surface area (Å²) in [5.41, 5.74) is -0.191. The molecule has 17 heavy (non-hydrogen) atoms. The zero-order valence-corrected chi connectivity index (χ0v) is 11.6. The number of hydrogen-bond donors (Lipinski definition) is 0. The SMILES string of the molecule is CCC1C2CC3CC(C2)CC1(C(=O)S(C)=O)C3. The standard InChI is InChI=1S/C14H22O2S/c1-3-12-11-5-9-4-10(6-11)8-14(12,7-9)13(15)17(2)16/h9-12H,3-8H2,1-2H3. The fourth-order valence-corrected chi connectivity index (χ4v) is 6.36. The number of hydrogen-bond acceptors (Lipinski definition) is 2. The van der Waals surface area contributed by atoms with Gasteiger partial charge in [-0.1, -0.05) is 13.3 Å². The van der Waals surface area contributed by atoms with E-state index in [0.717, 1.165) is 37.0 Å². The maximum Gasteiger partial charge on any atom is 0.224 e. The largest absolute Gasteiger partial charge is 0.284 e. The first kappa shape index (κ1) is 11.9. The molecule has 0 aromatic rings. The Morgan fingerprint density at radius 1 is 1.24 bits per heavy atom. The molecule has 0 spiro atoms. The van der Waals surface area contributed by atoms with E-state index in [1.807, 2.05) is 0 Å². The summed E-state index contributed by atoms with van der Waals surface area (Å²) in [5, 5.41) is 0.0726. The summed E-state index contributed by atoms with van der Waals surface area (Å²) in [6.45, 7) is 2.21. The van der Waals surface area contributed by atoms with Gasteiger partial charge in [-0.15, -0.1) is 0 Å². The van der Waals surface area contributed by atoms with Crippen LogP contribution in [0.15, 0.2) is 0 Å². The fraction of sp³-hybridized carbons (Fsp3) is 0.929. The second kappa shape index (κ2) is 3.91. The van der Waals surface area contributed by atoms with Crippen molar-refractivity contribution < 1.29 is 9.00 Å². The Balaban J connectivity index is 2.00. The van der Waals surface area contributed by atoms with Crippen LogP contribution in [0.4, 0.5) is 0 Å². The van der Waals surface area contributed by atoms with E-state index in [4.69, 9.17) is 0 Å². The summed E-state index contributed by atoms with van der Waals surface area (Å²) in [6, 6.07) is 0. The molecule has 0 heterocycles. The van der Waals surface area contributed by atoms with Crippen molar-refractivity contribution in [2.45, 2.75) is 45.4 Å². The van der Waals surface area contributed by atoms with Crippen LogP contribution in [0.25, 0.3) is 0 Å². The Labute approximate surface area is 106 Å². The lowest BCUT2D eigenvalue weighted by Crippen LogP contribution is -2.56. The predicted molar refractivity (Wildman–Crippen MR) is 68.8 cm³/mol. The molecular weight excluding hydrogens is 232 g/mol. The molecule has 4 aliphatic rings. The van der Waals surface area contributed by atoms with Crippen LogP contribution in [0.1, 0.15) is 45.4 Å². The molecule has 3 heteroatoms. The molecule has 4 saturated carbocycles. The third kappa shape index (κ3) is 1.57. The highest BCUT2D eigenvalue weighted by molar-refractivity contribution is 7.99. The summed E-state index contributed by atoms with van der Waals surface area (Å²) in [5.74, 6) is 2.77. The Bertz CT molecular complexity index is 362. The van der Waals surface area contributed by atoms with Gasteiger partial charge in [-0.2, -0.15) is 0 Å². The topological polar surface area (TPSA) is 34.1 Å². The maximum atomic E-state index is 12.5. The van der Waals surface area contributed by atoms with E-state index in [0.29, 0.717) is 5.92 Å². The van der Waals surface area contributed by atoms with Gasteiger partial charge in [-0.3, -0.25) is 9.00 Å². The highest BCUT2D eigenvalue weighted by Gasteiger charge is 2.60. The van der Waals surface area contributed by atoms with Crippen LogP contribution in [-0.2, 0) is 15.6 Å². The van der Waals surface area contributed by atoms with Crippen molar-refractivity contribution in [1.29, 1.82) is 0 Å². The zero-order chi connectivity index (χ0) is 12.2. The van der Waals surface area contributed by atoms with Crippen LogP contribution < -0.4 is 0 Å². The first-order valence-corrected chi connectivity index (χ1v) is 8.50. The highest BCUT2D eigenvalue weighted by atomic mass is 32.2. The van der Waals surface area contributed by atoms with Gasteiger partial charge in [-0.05, 0) is 55.8 Å². The minimum Gasteiger partial charge on any atom is -0.284 e. The molecule has 0 aliphatic heterocycles. The first-order chi connectivity index (χ1) is 8.06. The van der Waals surface area contributed by atoms with Gasteiger partial charge in [0.05, 0.1) is 10.8 Å². The average molecular weight is 254 g/mol. The van der Waals surface area contributed by atoms with Gasteiger partial charge < -0.3 is 0 Å². The third-order valence-electron chi connectivity index (χ3n) is 5.63. The van der Waals surface area contributed by atoms with Gasteiger partial charge in [0.15, 0.2) is 0 Å². The Kier molecular flexibility index (Phi) is 2.73. The van der Waals surface area contributed by atoms with Crippen LogP contribution in [0.5, 0.6) is 0 Å². The summed E-state index contributed by atoms with van der Waals surface area (Å²) in [4.78, 5) is 12.5. The molecule has 0 N–H and O–H groups in total. The summed E-state index contributed by atoms with van der Waals surface area (Å²) >= 11 is 0. The van der Waals surface area contributed by atoms with E-state index >= 15 is 0 Å². The van der Waals surface area contributed by atoms with Crippen molar-refractivity contribution in [2.24, 2.45) is 29.1 Å². The van der Waals surface area contributed by atoms with Crippen molar-refractivity contribution in [3.8, 4) is 0 Å². The van der Waals surface area contributed by atoms with Crippen LogP contribution in [0.3, 0.4) is 0 Å². The van der Waals surface area contributed by atoms with E-state index in [1.165, 1.54) is 19.3 Å². The smallest absolute Gasteiger partial charge is 0.224 e. The van der Waals surface area contributed by atoms with Gasteiger partial charge in [0.25, 0.3) is 0 Å². The molecule has 4 fully saturated rings. The zero-order valence-electron chi connectivity index (χ0n) is 10.8. The van der Waals surface area contributed by atoms with Gasteiger partial charge in [0.1, 0.15) is 0 Å². The van der Waals surface area contributed by atoms with Crippen molar-refractivity contribution >= 4 is 15.9 Å². The van der Waals surface area contributed by atoms with Crippen LogP contribution in [0.2, 0.25) is 0 Å². The van der Waals surface area contributed by atoms with Crippen molar-refractivity contribution in [2.75, 3.05) is 6.26 Å². The summed E-state index contributed by atoms with van der Waals surface area (Å²) in [6.07, 6.45) is 8.74. The lowest BCUT2D eigenvalue weighted by atomic mass is 9.45. The fourth-order valence-electron chi connectivity index (χ4n) is 5.47. The van der Waals surface area contributed by atoms with Crippen molar-refractivity contribution in [3.05, 3.63) is 0 Å². The average Bonchev–Trinajstić information content (AvgIpc) is 2.26. The normalized spacial score (nSPS) is 49.3. The molecule has 4 aliphatic carbocycles. The van der Waals surface area contributed by atoms with Crippen molar-refractivity contribution in [1.82, 2.24) is 0 Å². The van der Waals surface area contributed by atoms with Gasteiger partial charge >= 0.3 is 0 Å². The monoisotopic (exact) mass is 254 g/mol. The lowest BCUT2D eigenvalue weighted by molar-refractivity contribution is -0.148. The predicted octanol–water partition coefficient (Wildman–Crippen LogP) is 2.74. The molecule has 0 aromatic carbocycles. The lowest BCUT2D eigenvalue weighted by Gasteiger charge is -2.60. The van der Waals surface area contributed by atoms with Gasteiger partial charge in [0, 0.05) is 11.7 Å². The highest BCUT2D eigenvalue weighted by Crippen LogP contribution is 2.64. The summed E-state index contributed by atoms with van der Waals surface area (Å²) in [7, 11) is -1.28. The van der Waals surface area contributed by atoms with Gasteiger partial charge in [0.2, 0.25) is 5.12 Å². The molecule has 4 atom stereocenters. The molecule has 4 unspecified atom stereocenters. The minimum atomic E-state index is -1.28. The quantitative estimate of drug-likeness (QED) is 0.759. The third-order valence-corrected chi connectivity index (χ3v) is 6.56. The van der Waals surface area contributed by atoms with E-state index in [9.17, 15) is 9.00 Å². The second-order valence-electron chi connectivity index (χ2n) is 6.52. The van der Waals surface area contributed by atoms with Gasteiger partial charge in [-0.25, -0.2) is 0 Å². The van der Waals surface area contributed by atoms with E-state index in [2.05, 4.69) is 6.92 Å². The van der Waals surface area contributed by atoms with E-state index in [-0.39, 0.29) is 10.5 Å². The number of carbonyl (C=O) groups excluding carboxylic acids is 1. The molecule has 0 saturated heterocycles. The Morgan fingerprint density at radius 3 is 2.29 bits per heavy atom. The molecule has 4 bridgehead atoms. The van der Waals surface area contributed by atoms with Crippen LogP contribution in [0, 0.1) is 29.1 Å². The molecule has 4 rings (SSSR count). The maximum absolute atomic E-state index is 12.5.